The van der Waals surface area contributed by atoms with Crippen molar-refractivity contribution < 1.29 is 19.4 Å². The van der Waals surface area contributed by atoms with Gasteiger partial charge in [0.15, 0.2) is 0 Å². The van der Waals surface area contributed by atoms with Crippen LogP contribution in [-0.2, 0) is 4.74 Å². The summed E-state index contributed by atoms with van der Waals surface area (Å²) in [5, 5.41) is 14.0. The van der Waals surface area contributed by atoms with Crippen molar-refractivity contribution in [2.24, 2.45) is 0 Å². The summed E-state index contributed by atoms with van der Waals surface area (Å²) in [6.07, 6.45) is 2.55. The van der Waals surface area contributed by atoms with Gasteiger partial charge in [0.05, 0.1) is 23.9 Å². The van der Waals surface area contributed by atoms with Crippen molar-refractivity contribution in [3.8, 4) is 5.75 Å². The Labute approximate surface area is 119 Å². The second-order valence-electron chi connectivity index (χ2n) is 3.77. The zero-order valence-electron chi connectivity index (χ0n) is 10.6. The van der Waals surface area contributed by atoms with Gasteiger partial charge < -0.3 is 15.2 Å². The third-order valence-corrected chi connectivity index (χ3v) is 3.20. The van der Waals surface area contributed by atoms with Crippen molar-refractivity contribution in [1.29, 1.82) is 0 Å². The van der Waals surface area contributed by atoms with Gasteiger partial charge in [0, 0.05) is 6.20 Å². The number of nitrogens with zero attached hydrogens (tertiary/aromatic N) is 1. The second-order valence-corrected chi connectivity index (χ2v) is 4.69. The first-order valence-electron chi connectivity index (χ1n) is 5.81. The largest absolute Gasteiger partial charge is 0.506 e. The molecule has 0 bridgehead atoms. The number of hydrogen-bond acceptors (Lipinski definition) is 6. The van der Waals surface area contributed by atoms with E-state index in [1.54, 1.807) is 18.4 Å². The minimum atomic E-state index is -0.488. The van der Waals surface area contributed by atoms with Gasteiger partial charge >= 0.3 is 5.97 Å². The summed E-state index contributed by atoms with van der Waals surface area (Å²) in [5.41, 5.74) is 0.506. The van der Waals surface area contributed by atoms with Gasteiger partial charge in [0.1, 0.15) is 10.8 Å². The maximum absolute atomic E-state index is 12.0. The lowest BCUT2D eigenvalue weighted by atomic mass is 10.2. The molecule has 0 saturated heterocycles. The van der Waals surface area contributed by atoms with Crippen LogP contribution in [0.3, 0.4) is 0 Å². The molecule has 6 nitrogen and oxygen atoms in total. The molecule has 0 radical (unpaired) electrons. The highest BCUT2D eigenvalue weighted by atomic mass is 32.1. The van der Waals surface area contributed by atoms with E-state index in [-0.39, 0.29) is 17.9 Å². The lowest BCUT2D eigenvalue weighted by Crippen LogP contribution is -2.14. The van der Waals surface area contributed by atoms with Gasteiger partial charge in [-0.2, -0.15) is 0 Å². The van der Waals surface area contributed by atoms with E-state index in [4.69, 9.17) is 4.74 Å². The molecule has 0 aromatic carbocycles. The van der Waals surface area contributed by atoms with E-state index in [0.717, 1.165) is 0 Å². The lowest BCUT2D eigenvalue weighted by Gasteiger charge is -2.06. The molecule has 0 atom stereocenters. The number of carbonyl (C=O) groups is 2. The van der Waals surface area contributed by atoms with Crippen LogP contribution in [0.5, 0.6) is 5.75 Å². The van der Waals surface area contributed by atoms with E-state index in [0.29, 0.717) is 10.6 Å². The summed E-state index contributed by atoms with van der Waals surface area (Å²) in [6.45, 7) is 1.97. The molecule has 0 aliphatic rings. The number of pyridine rings is 1. The third kappa shape index (κ3) is 3.12. The molecule has 0 saturated carbocycles. The standard InChI is InChI=1S/C13H12N2O4S/c1-2-19-13(18)10-3-4-20-12(10)15-11(17)8-5-9(16)7-14-6-8/h3-7,16H,2H2,1H3,(H,15,17). The molecule has 7 heteroatoms. The number of aromatic hydroxyl groups is 1. The van der Waals surface area contributed by atoms with Crippen molar-refractivity contribution in [2.75, 3.05) is 11.9 Å². The quantitative estimate of drug-likeness (QED) is 0.844. The summed E-state index contributed by atoms with van der Waals surface area (Å²) >= 11 is 1.22. The number of hydrogen-bond donors (Lipinski definition) is 2. The van der Waals surface area contributed by atoms with Gasteiger partial charge in [-0.25, -0.2) is 4.79 Å². The fraction of sp³-hybridized carbons (Fsp3) is 0.154. The van der Waals surface area contributed by atoms with Crippen LogP contribution in [-0.4, -0.2) is 28.6 Å². The lowest BCUT2D eigenvalue weighted by molar-refractivity contribution is 0.0528. The van der Waals surface area contributed by atoms with Gasteiger partial charge in [-0.3, -0.25) is 9.78 Å². The second kappa shape index (κ2) is 6.16. The predicted octanol–water partition coefficient (Wildman–Crippen LogP) is 2.28. The van der Waals surface area contributed by atoms with Crippen LogP contribution in [0.25, 0.3) is 0 Å². The highest BCUT2D eigenvalue weighted by Gasteiger charge is 2.17. The minimum absolute atomic E-state index is 0.102. The number of rotatable bonds is 4. The van der Waals surface area contributed by atoms with E-state index >= 15 is 0 Å². The molecule has 20 heavy (non-hydrogen) atoms. The Kier molecular flexibility index (Phi) is 4.31. The highest BCUT2D eigenvalue weighted by Crippen LogP contribution is 2.25. The first kappa shape index (κ1) is 14.0. The fourth-order valence-electron chi connectivity index (χ4n) is 1.50. The Morgan fingerprint density at radius 3 is 2.95 bits per heavy atom. The van der Waals surface area contributed by atoms with Crippen molar-refractivity contribution in [1.82, 2.24) is 4.98 Å². The topological polar surface area (TPSA) is 88.5 Å². The van der Waals surface area contributed by atoms with Crippen LogP contribution in [0.1, 0.15) is 27.6 Å². The molecule has 2 aromatic rings. The van der Waals surface area contributed by atoms with Crippen LogP contribution in [0.2, 0.25) is 0 Å². The zero-order valence-corrected chi connectivity index (χ0v) is 11.4. The molecular formula is C13H12N2O4S. The average Bonchev–Trinajstić information content (AvgIpc) is 2.87. The molecule has 1 amide bonds. The Bertz CT molecular complexity index is 639. The Morgan fingerprint density at radius 1 is 1.45 bits per heavy atom. The van der Waals surface area contributed by atoms with Crippen molar-refractivity contribution in [2.45, 2.75) is 6.92 Å². The number of amides is 1. The van der Waals surface area contributed by atoms with Crippen LogP contribution >= 0.6 is 11.3 Å². The fourth-order valence-corrected chi connectivity index (χ4v) is 2.27. The van der Waals surface area contributed by atoms with Crippen molar-refractivity contribution in [3.63, 3.8) is 0 Å². The minimum Gasteiger partial charge on any atom is -0.506 e. The molecule has 0 aliphatic heterocycles. The van der Waals surface area contributed by atoms with Crippen LogP contribution < -0.4 is 5.32 Å². The smallest absolute Gasteiger partial charge is 0.341 e. The van der Waals surface area contributed by atoms with Gasteiger partial charge in [-0.1, -0.05) is 0 Å². The average molecular weight is 292 g/mol. The highest BCUT2D eigenvalue weighted by molar-refractivity contribution is 7.14. The number of esters is 1. The number of thiophene rings is 1. The summed E-state index contributed by atoms with van der Waals surface area (Å²) in [5.74, 6) is -1.05. The van der Waals surface area contributed by atoms with Gasteiger partial charge in [-0.05, 0) is 24.4 Å². The molecule has 0 unspecified atom stereocenters. The Balaban J connectivity index is 2.16. The SMILES string of the molecule is CCOC(=O)c1ccsc1NC(=O)c1cncc(O)c1. The van der Waals surface area contributed by atoms with Crippen molar-refractivity contribution >= 4 is 28.2 Å². The van der Waals surface area contributed by atoms with Gasteiger partial charge in [0.2, 0.25) is 0 Å². The van der Waals surface area contributed by atoms with E-state index < -0.39 is 11.9 Å². The number of nitrogens with one attached hydrogen (secondary N) is 1. The number of anilines is 1. The molecule has 2 heterocycles. The monoisotopic (exact) mass is 292 g/mol. The first-order chi connectivity index (χ1) is 9.61. The van der Waals surface area contributed by atoms with Gasteiger partial charge in [-0.15, -0.1) is 11.3 Å². The molecule has 0 aliphatic carbocycles. The maximum Gasteiger partial charge on any atom is 0.341 e. The Hall–Kier alpha value is -2.41. The number of ether oxygens (including phenoxy) is 1. The van der Waals surface area contributed by atoms with Crippen LogP contribution in [0.15, 0.2) is 29.9 Å². The van der Waals surface area contributed by atoms with Crippen LogP contribution in [0, 0.1) is 0 Å². The molecule has 2 N–H and O–H groups in total. The Morgan fingerprint density at radius 2 is 2.25 bits per heavy atom. The first-order valence-corrected chi connectivity index (χ1v) is 6.69. The summed E-state index contributed by atoms with van der Waals surface area (Å²) in [6, 6.07) is 2.87. The van der Waals surface area contributed by atoms with E-state index in [1.807, 2.05) is 0 Å². The summed E-state index contributed by atoms with van der Waals surface area (Å²) in [4.78, 5) is 27.4. The van der Waals surface area contributed by atoms with E-state index in [9.17, 15) is 14.7 Å². The maximum atomic E-state index is 12.0. The molecule has 104 valence electrons. The van der Waals surface area contributed by atoms with Gasteiger partial charge in [0.25, 0.3) is 5.91 Å². The third-order valence-electron chi connectivity index (χ3n) is 2.37. The zero-order chi connectivity index (χ0) is 14.5. The molecule has 2 aromatic heterocycles. The van der Waals surface area contributed by atoms with Crippen LogP contribution in [0.4, 0.5) is 5.00 Å². The number of aromatic nitrogens is 1. The predicted molar refractivity (Wildman–Crippen MR) is 74.1 cm³/mol. The summed E-state index contributed by atoms with van der Waals surface area (Å²) in [7, 11) is 0. The summed E-state index contributed by atoms with van der Waals surface area (Å²) < 4.78 is 4.90. The molecule has 2 rings (SSSR count). The number of carbonyl (C=O) groups excluding carboxylic acids is 2. The normalized spacial score (nSPS) is 10.1. The van der Waals surface area contributed by atoms with E-state index in [1.165, 1.54) is 29.8 Å². The molecule has 0 fully saturated rings. The molecule has 0 spiro atoms. The van der Waals surface area contributed by atoms with Crippen molar-refractivity contribution in [3.05, 3.63) is 41.0 Å². The van der Waals surface area contributed by atoms with E-state index in [2.05, 4.69) is 10.3 Å². The molecular weight excluding hydrogens is 280 g/mol.